The van der Waals surface area contributed by atoms with Crippen molar-refractivity contribution in [2.24, 2.45) is 0 Å². The van der Waals surface area contributed by atoms with Crippen LogP contribution in [0.15, 0.2) is 18.3 Å². The van der Waals surface area contributed by atoms with Gasteiger partial charge in [-0.3, -0.25) is 9.59 Å². The molecule has 0 spiro atoms. The molecule has 0 bridgehead atoms. The van der Waals surface area contributed by atoms with E-state index in [4.69, 9.17) is 0 Å². The van der Waals surface area contributed by atoms with Crippen LogP contribution in [0.1, 0.15) is 18.4 Å². The lowest BCUT2D eigenvalue weighted by Gasteiger charge is -2.34. The van der Waals surface area contributed by atoms with Crippen LogP contribution >= 0.6 is 0 Å². The van der Waals surface area contributed by atoms with Crippen molar-refractivity contribution in [1.82, 2.24) is 20.5 Å². The molecule has 2 N–H and O–H groups in total. The van der Waals surface area contributed by atoms with Crippen molar-refractivity contribution in [2.75, 3.05) is 38.1 Å². The summed E-state index contributed by atoms with van der Waals surface area (Å²) < 4.78 is 0. The molecule has 0 saturated carbocycles. The summed E-state index contributed by atoms with van der Waals surface area (Å²) in [6.07, 6.45) is 2.79. The predicted octanol–water partition coefficient (Wildman–Crippen LogP) is -0.272. The first-order valence-corrected chi connectivity index (χ1v) is 8.08. The lowest BCUT2D eigenvalue weighted by molar-refractivity contribution is -0.125. The first-order valence-electron chi connectivity index (χ1n) is 8.08. The van der Waals surface area contributed by atoms with E-state index < -0.39 is 6.04 Å². The Morgan fingerprint density at radius 1 is 1.39 bits per heavy atom. The van der Waals surface area contributed by atoms with Crippen molar-refractivity contribution in [3.8, 4) is 0 Å². The molecule has 124 valence electrons. The van der Waals surface area contributed by atoms with Gasteiger partial charge in [-0.2, -0.15) is 0 Å². The average Bonchev–Trinajstić information content (AvgIpc) is 3.00. The fraction of sp³-hybridized carbons (Fsp3) is 0.562. The predicted molar refractivity (Wildman–Crippen MR) is 87.0 cm³/mol. The second-order valence-corrected chi connectivity index (χ2v) is 6.15. The zero-order chi connectivity index (χ0) is 16.2. The number of hydrogen-bond acceptors (Lipinski definition) is 5. The summed E-state index contributed by atoms with van der Waals surface area (Å²) in [7, 11) is 2.12. The van der Waals surface area contributed by atoms with E-state index >= 15 is 0 Å². The molecule has 2 fully saturated rings. The smallest absolute Gasteiger partial charge is 0.242 e. The number of piperazine rings is 1. The van der Waals surface area contributed by atoms with E-state index in [2.05, 4.69) is 32.5 Å². The highest BCUT2D eigenvalue weighted by molar-refractivity contribution is 5.90. The molecule has 2 saturated heterocycles. The van der Waals surface area contributed by atoms with E-state index in [1.807, 2.05) is 12.1 Å². The van der Waals surface area contributed by atoms with Crippen LogP contribution in [-0.4, -0.2) is 61.0 Å². The topological polar surface area (TPSA) is 77.6 Å². The molecule has 3 rings (SSSR count). The summed E-state index contributed by atoms with van der Waals surface area (Å²) in [6, 6.07) is 3.48. The monoisotopic (exact) mass is 317 g/mol. The summed E-state index contributed by atoms with van der Waals surface area (Å²) in [5.41, 5.74) is 1.01. The third kappa shape index (κ3) is 3.79. The molecule has 1 aromatic rings. The lowest BCUT2D eigenvalue weighted by atomic mass is 10.2. The molecule has 3 heterocycles. The van der Waals surface area contributed by atoms with Gasteiger partial charge in [0.1, 0.15) is 11.9 Å². The van der Waals surface area contributed by atoms with Gasteiger partial charge in [0.15, 0.2) is 0 Å². The number of aromatic nitrogens is 1. The van der Waals surface area contributed by atoms with Crippen LogP contribution in [0.25, 0.3) is 0 Å². The standard InChI is InChI=1S/C16H23N5O2/c1-20-7-9-21(10-8-20)15-12(3-2-6-17-15)11-18-16(23)13-4-5-14(22)19-13/h2-3,6,13H,4-5,7-11H2,1H3,(H,18,23)(H,19,22)/t13-/m0/s1. The van der Waals surface area contributed by atoms with Crippen molar-refractivity contribution < 1.29 is 9.59 Å². The molecular weight excluding hydrogens is 294 g/mol. The molecule has 0 aromatic carbocycles. The van der Waals surface area contributed by atoms with Crippen LogP contribution < -0.4 is 15.5 Å². The summed E-state index contributed by atoms with van der Waals surface area (Å²) >= 11 is 0. The molecule has 1 atom stereocenters. The maximum Gasteiger partial charge on any atom is 0.242 e. The second kappa shape index (κ2) is 6.95. The van der Waals surface area contributed by atoms with E-state index in [0.29, 0.717) is 19.4 Å². The molecule has 2 amide bonds. The third-order valence-electron chi connectivity index (χ3n) is 4.44. The van der Waals surface area contributed by atoms with Gasteiger partial charge in [0, 0.05) is 50.9 Å². The Kier molecular flexibility index (Phi) is 4.76. The van der Waals surface area contributed by atoms with E-state index in [1.165, 1.54) is 0 Å². The van der Waals surface area contributed by atoms with E-state index in [9.17, 15) is 9.59 Å². The number of nitrogens with one attached hydrogen (secondary N) is 2. The fourth-order valence-corrected chi connectivity index (χ4v) is 2.99. The number of likely N-dealkylation sites (N-methyl/N-ethyl adjacent to an activating group) is 1. The number of anilines is 1. The van der Waals surface area contributed by atoms with Gasteiger partial charge in [0.2, 0.25) is 11.8 Å². The van der Waals surface area contributed by atoms with E-state index in [0.717, 1.165) is 37.6 Å². The Labute approximate surface area is 136 Å². The Balaban J connectivity index is 1.61. The Morgan fingerprint density at radius 2 is 2.17 bits per heavy atom. The third-order valence-corrected chi connectivity index (χ3v) is 4.44. The number of nitrogens with zero attached hydrogens (tertiary/aromatic N) is 3. The van der Waals surface area contributed by atoms with Crippen molar-refractivity contribution in [1.29, 1.82) is 0 Å². The van der Waals surface area contributed by atoms with Gasteiger partial charge in [0.25, 0.3) is 0 Å². The molecule has 1 aromatic heterocycles. The molecule has 2 aliphatic heterocycles. The maximum absolute atomic E-state index is 12.1. The van der Waals surface area contributed by atoms with Crippen molar-refractivity contribution in [3.05, 3.63) is 23.9 Å². The SMILES string of the molecule is CN1CCN(c2ncccc2CNC(=O)[C@@H]2CCC(=O)N2)CC1. The van der Waals surface area contributed by atoms with Gasteiger partial charge in [0.05, 0.1) is 0 Å². The molecule has 7 heteroatoms. The van der Waals surface area contributed by atoms with Crippen molar-refractivity contribution in [3.63, 3.8) is 0 Å². The van der Waals surface area contributed by atoms with Gasteiger partial charge in [-0.25, -0.2) is 4.98 Å². The fourth-order valence-electron chi connectivity index (χ4n) is 2.99. The van der Waals surface area contributed by atoms with Crippen LogP contribution in [0.5, 0.6) is 0 Å². The Morgan fingerprint density at radius 3 is 2.87 bits per heavy atom. The minimum Gasteiger partial charge on any atom is -0.354 e. The molecule has 0 radical (unpaired) electrons. The Hall–Kier alpha value is -2.15. The molecule has 2 aliphatic rings. The van der Waals surface area contributed by atoms with Crippen LogP contribution in [0.3, 0.4) is 0 Å². The van der Waals surface area contributed by atoms with Gasteiger partial charge < -0.3 is 20.4 Å². The summed E-state index contributed by atoms with van der Waals surface area (Å²) in [5, 5.41) is 5.61. The van der Waals surface area contributed by atoms with Crippen molar-refractivity contribution >= 4 is 17.6 Å². The number of amides is 2. The number of pyridine rings is 1. The highest BCUT2D eigenvalue weighted by atomic mass is 16.2. The molecular formula is C16H23N5O2. The Bertz CT molecular complexity index is 584. The van der Waals surface area contributed by atoms with Crippen molar-refractivity contribution in [2.45, 2.75) is 25.4 Å². The van der Waals surface area contributed by atoms with Crippen LogP contribution in [0, 0.1) is 0 Å². The molecule has 23 heavy (non-hydrogen) atoms. The highest BCUT2D eigenvalue weighted by Crippen LogP contribution is 2.18. The number of carbonyl (C=O) groups is 2. The summed E-state index contributed by atoms with van der Waals surface area (Å²) in [4.78, 5) is 32.4. The minimum absolute atomic E-state index is 0.0512. The van der Waals surface area contributed by atoms with Gasteiger partial charge in [-0.05, 0) is 19.5 Å². The summed E-state index contributed by atoms with van der Waals surface area (Å²) in [6.45, 7) is 4.33. The van der Waals surface area contributed by atoms with E-state index in [1.54, 1.807) is 6.20 Å². The van der Waals surface area contributed by atoms with Crippen LogP contribution in [0.4, 0.5) is 5.82 Å². The molecule has 0 aliphatic carbocycles. The lowest BCUT2D eigenvalue weighted by Crippen LogP contribution is -2.45. The van der Waals surface area contributed by atoms with Gasteiger partial charge in [-0.15, -0.1) is 0 Å². The quantitative estimate of drug-likeness (QED) is 0.799. The zero-order valence-electron chi connectivity index (χ0n) is 13.4. The largest absolute Gasteiger partial charge is 0.354 e. The van der Waals surface area contributed by atoms with Gasteiger partial charge in [-0.1, -0.05) is 6.07 Å². The average molecular weight is 317 g/mol. The zero-order valence-corrected chi connectivity index (χ0v) is 13.4. The summed E-state index contributed by atoms with van der Waals surface area (Å²) in [5.74, 6) is 0.769. The first kappa shape index (κ1) is 15.7. The van der Waals surface area contributed by atoms with Crippen LogP contribution in [0.2, 0.25) is 0 Å². The highest BCUT2D eigenvalue weighted by Gasteiger charge is 2.27. The molecule has 0 unspecified atom stereocenters. The minimum atomic E-state index is -0.397. The second-order valence-electron chi connectivity index (χ2n) is 6.15. The van der Waals surface area contributed by atoms with Gasteiger partial charge >= 0.3 is 0 Å². The van der Waals surface area contributed by atoms with Crippen LogP contribution in [-0.2, 0) is 16.1 Å². The van der Waals surface area contributed by atoms with E-state index in [-0.39, 0.29) is 11.8 Å². The number of hydrogen-bond donors (Lipinski definition) is 2. The normalized spacial score (nSPS) is 22.0. The molecule has 7 nitrogen and oxygen atoms in total. The number of rotatable bonds is 4. The number of carbonyl (C=O) groups excluding carboxylic acids is 2. The maximum atomic E-state index is 12.1. The first-order chi connectivity index (χ1) is 11.1.